The molecule has 0 aliphatic heterocycles. The molecule has 2 atom stereocenters. The van der Waals surface area contributed by atoms with Crippen molar-refractivity contribution in [2.45, 2.75) is 59.4 Å². The Kier molecular flexibility index (Phi) is 4.11. The minimum Gasteiger partial charge on any atom is -0.314 e. The Hall–Kier alpha value is -0.820. The maximum atomic E-state index is 3.61. The Morgan fingerprint density at radius 2 is 1.94 bits per heavy atom. The predicted octanol–water partition coefficient (Wildman–Crippen LogP) is 4.01. The SMILES string of the molecule is CCNC1CCC(C)(Cc2c(C)cccc2C)C1. The molecule has 1 aromatic carbocycles. The molecule has 1 saturated carbocycles. The summed E-state index contributed by atoms with van der Waals surface area (Å²) in [5.74, 6) is 0. The van der Waals surface area contributed by atoms with E-state index in [-0.39, 0.29) is 0 Å². The molecule has 0 saturated heterocycles. The number of benzene rings is 1. The molecular formula is C17H27N. The van der Waals surface area contributed by atoms with E-state index in [0.29, 0.717) is 5.41 Å². The third kappa shape index (κ3) is 2.95. The lowest BCUT2D eigenvalue weighted by Crippen LogP contribution is -2.28. The maximum absolute atomic E-state index is 3.61. The van der Waals surface area contributed by atoms with Gasteiger partial charge in [0.1, 0.15) is 0 Å². The highest BCUT2D eigenvalue weighted by molar-refractivity contribution is 5.34. The van der Waals surface area contributed by atoms with Gasteiger partial charge < -0.3 is 5.32 Å². The van der Waals surface area contributed by atoms with E-state index in [2.05, 4.69) is 51.2 Å². The number of aryl methyl sites for hydroxylation is 2. The standard InChI is InChI=1S/C17H27N/c1-5-18-15-9-10-17(4,11-15)12-16-13(2)7-6-8-14(16)3/h6-8,15,18H,5,9-12H2,1-4H3. The van der Waals surface area contributed by atoms with E-state index in [1.165, 1.54) is 36.8 Å². The lowest BCUT2D eigenvalue weighted by molar-refractivity contribution is 0.321. The van der Waals surface area contributed by atoms with Crippen LogP contribution in [0.4, 0.5) is 0 Å². The lowest BCUT2D eigenvalue weighted by Gasteiger charge is -2.26. The summed E-state index contributed by atoms with van der Waals surface area (Å²) in [6, 6.07) is 7.42. The predicted molar refractivity (Wildman–Crippen MR) is 79.0 cm³/mol. The minimum absolute atomic E-state index is 0.490. The highest BCUT2D eigenvalue weighted by Crippen LogP contribution is 2.41. The summed E-state index contributed by atoms with van der Waals surface area (Å²) in [5.41, 5.74) is 4.99. The van der Waals surface area contributed by atoms with Gasteiger partial charge in [-0.25, -0.2) is 0 Å². The van der Waals surface area contributed by atoms with E-state index in [1.807, 2.05) is 0 Å². The van der Waals surface area contributed by atoms with Crippen LogP contribution in [0.1, 0.15) is 49.8 Å². The third-order valence-electron chi connectivity index (χ3n) is 4.58. The molecule has 18 heavy (non-hydrogen) atoms. The van der Waals surface area contributed by atoms with Crippen LogP contribution >= 0.6 is 0 Å². The van der Waals surface area contributed by atoms with Crippen LogP contribution in [0.2, 0.25) is 0 Å². The molecule has 1 aliphatic carbocycles. The number of rotatable bonds is 4. The molecule has 100 valence electrons. The van der Waals surface area contributed by atoms with Gasteiger partial charge in [-0.3, -0.25) is 0 Å². The topological polar surface area (TPSA) is 12.0 Å². The van der Waals surface area contributed by atoms with E-state index in [9.17, 15) is 0 Å². The normalized spacial score (nSPS) is 27.7. The second kappa shape index (κ2) is 5.44. The molecule has 0 heterocycles. The van der Waals surface area contributed by atoms with Crippen LogP contribution in [0.3, 0.4) is 0 Å². The fourth-order valence-electron chi connectivity index (χ4n) is 3.50. The molecule has 2 rings (SSSR count). The van der Waals surface area contributed by atoms with Gasteiger partial charge in [0, 0.05) is 6.04 Å². The van der Waals surface area contributed by atoms with Crippen LogP contribution in [0.15, 0.2) is 18.2 Å². The average Bonchev–Trinajstić information content (AvgIpc) is 2.67. The summed E-state index contributed by atoms with van der Waals surface area (Å²) in [6.07, 6.45) is 5.27. The van der Waals surface area contributed by atoms with Gasteiger partial charge in [0.25, 0.3) is 0 Å². The Bertz CT molecular complexity index is 390. The van der Waals surface area contributed by atoms with Gasteiger partial charge >= 0.3 is 0 Å². The molecule has 1 fully saturated rings. The zero-order valence-electron chi connectivity index (χ0n) is 12.3. The zero-order valence-corrected chi connectivity index (χ0v) is 12.3. The van der Waals surface area contributed by atoms with E-state index in [4.69, 9.17) is 0 Å². The maximum Gasteiger partial charge on any atom is 0.00724 e. The molecule has 0 radical (unpaired) electrons. The van der Waals surface area contributed by atoms with Gasteiger partial charge in [-0.15, -0.1) is 0 Å². The summed E-state index contributed by atoms with van der Waals surface area (Å²) in [5, 5.41) is 3.61. The molecule has 0 spiro atoms. The quantitative estimate of drug-likeness (QED) is 0.845. The number of hydrogen-bond acceptors (Lipinski definition) is 1. The van der Waals surface area contributed by atoms with Crippen LogP contribution < -0.4 is 5.32 Å². The molecule has 1 N–H and O–H groups in total. The zero-order chi connectivity index (χ0) is 13.2. The van der Waals surface area contributed by atoms with Gasteiger partial charge in [0.2, 0.25) is 0 Å². The first-order valence-corrected chi connectivity index (χ1v) is 7.32. The van der Waals surface area contributed by atoms with Crippen molar-refractivity contribution in [3.8, 4) is 0 Å². The molecule has 1 heteroatoms. The van der Waals surface area contributed by atoms with Crippen molar-refractivity contribution in [1.82, 2.24) is 5.32 Å². The van der Waals surface area contributed by atoms with Crippen LogP contribution in [-0.4, -0.2) is 12.6 Å². The van der Waals surface area contributed by atoms with Gasteiger partial charge in [-0.2, -0.15) is 0 Å². The van der Waals surface area contributed by atoms with E-state index < -0.39 is 0 Å². The molecule has 0 amide bonds. The molecule has 1 nitrogen and oxygen atoms in total. The molecule has 1 aliphatic rings. The molecule has 2 unspecified atom stereocenters. The molecule has 0 aromatic heterocycles. The van der Waals surface area contributed by atoms with Crippen molar-refractivity contribution in [3.05, 3.63) is 34.9 Å². The highest BCUT2D eigenvalue weighted by atomic mass is 14.9. The van der Waals surface area contributed by atoms with E-state index >= 15 is 0 Å². The van der Waals surface area contributed by atoms with Crippen molar-refractivity contribution < 1.29 is 0 Å². The van der Waals surface area contributed by atoms with Crippen molar-refractivity contribution in [2.24, 2.45) is 5.41 Å². The summed E-state index contributed by atoms with van der Waals surface area (Å²) >= 11 is 0. The van der Waals surface area contributed by atoms with Crippen LogP contribution in [0, 0.1) is 19.3 Å². The molecular weight excluding hydrogens is 218 g/mol. The van der Waals surface area contributed by atoms with Gasteiger partial charge in [-0.05, 0) is 68.2 Å². The third-order valence-corrected chi connectivity index (χ3v) is 4.58. The largest absolute Gasteiger partial charge is 0.314 e. The lowest BCUT2D eigenvalue weighted by atomic mass is 9.79. The van der Waals surface area contributed by atoms with Crippen molar-refractivity contribution in [3.63, 3.8) is 0 Å². The van der Waals surface area contributed by atoms with Gasteiger partial charge in [0.15, 0.2) is 0 Å². The second-order valence-electron chi connectivity index (χ2n) is 6.36. The van der Waals surface area contributed by atoms with Crippen molar-refractivity contribution in [2.75, 3.05) is 6.54 Å². The first-order valence-electron chi connectivity index (χ1n) is 7.32. The van der Waals surface area contributed by atoms with Gasteiger partial charge in [-0.1, -0.05) is 32.0 Å². The van der Waals surface area contributed by atoms with Crippen LogP contribution in [0.5, 0.6) is 0 Å². The minimum atomic E-state index is 0.490. The fraction of sp³-hybridized carbons (Fsp3) is 0.647. The fourth-order valence-corrected chi connectivity index (χ4v) is 3.50. The smallest absolute Gasteiger partial charge is 0.00724 e. The summed E-state index contributed by atoms with van der Waals surface area (Å²) in [6.45, 7) is 10.3. The molecule has 1 aromatic rings. The Labute approximate surface area is 112 Å². The average molecular weight is 245 g/mol. The second-order valence-corrected chi connectivity index (χ2v) is 6.36. The van der Waals surface area contributed by atoms with E-state index in [1.54, 1.807) is 5.56 Å². The summed E-state index contributed by atoms with van der Waals surface area (Å²) in [7, 11) is 0. The Morgan fingerprint density at radius 1 is 1.28 bits per heavy atom. The Morgan fingerprint density at radius 3 is 2.56 bits per heavy atom. The van der Waals surface area contributed by atoms with Crippen LogP contribution in [0.25, 0.3) is 0 Å². The van der Waals surface area contributed by atoms with Crippen molar-refractivity contribution >= 4 is 0 Å². The Balaban J connectivity index is 2.09. The first-order chi connectivity index (χ1) is 8.54. The summed E-state index contributed by atoms with van der Waals surface area (Å²) < 4.78 is 0. The molecule has 0 bridgehead atoms. The van der Waals surface area contributed by atoms with Crippen LogP contribution in [-0.2, 0) is 6.42 Å². The van der Waals surface area contributed by atoms with Crippen molar-refractivity contribution in [1.29, 1.82) is 0 Å². The summed E-state index contributed by atoms with van der Waals surface area (Å²) in [4.78, 5) is 0. The van der Waals surface area contributed by atoms with Gasteiger partial charge in [0.05, 0.1) is 0 Å². The first kappa shape index (κ1) is 13.6. The monoisotopic (exact) mass is 245 g/mol. The number of nitrogens with one attached hydrogen (secondary N) is 1. The van der Waals surface area contributed by atoms with E-state index in [0.717, 1.165) is 12.6 Å². The number of hydrogen-bond donors (Lipinski definition) is 1. The highest BCUT2D eigenvalue weighted by Gasteiger charge is 2.35.